The highest BCUT2D eigenvalue weighted by molar-refractivity contribution is 6.09. The molecule has 1 aliphatic heterocycles. The first-order valence-corrected chi connectivity index (χ1v) is 7.69. The minimum atomic E-state index is -0.799. The summed E-state index contributed by atoms with van der Waals surface area (Å²) < 4.78 is 0. The van der Waals surface area contributed by atoms with E-state index < -0.39 is 5.41 Å². The highest BCUT2D eigenvalue weighted by atomic mass is 16.2. The van der Waals surface area contributed by atoms with Crippen molar-refractivity contribution in [1.82, 2.24) is 5.01 Å². The van der Waals surface area contributed by atoms with Gasteiger partial charge in [-0.1, -0.05) is 67.6 Å². The number of hydrazone groups is 1. The van der Waals surface area contributed by atoms with Crippen molar-refractivity contribution in [1.29, 1.82) is 0 Å². The van der Waals surface area contributed by atoms with Crippen LogP contribution < -0.4 is 0 Å². The van der Waals surface area contributed by atoms with Crippen molar-refractivity contribution < 1.29 is 9.59 Å². The predicted molar refractivity (Wildman–Crippen MR) is 88.9 cm³/mol. The summed E-state index contributed by atoms with van der Waals surface area (Å²) in [4.78, 5) is 25.2. The molecular weight excluding hydrogens is 288 g/mol. The number of nitrogens with zero attached hydrogens (tertiary/aromatic N) is 2. The van der Waals surface area contributed by atoms with E-state index >= 15 is 0 Å². The van der Waals surface area contributed by atoms with Gasteiger partial charge >= 0.3 is 0 Å². The first kappa shape index (κ1) is 15.2. The van der Waals surface area contributed by atoms with E-state index in [0.717, 1.165) is 16.1 Å². The summed E-state index contributed by atoms with van der Waals surface area (Å²) in [6.45, 7) is 1.93. The normalized spacial score (nSPS) is 21.3. The van der Waals surface area contributed by atoms with E-state index in [2.05, 4.69) is 5.10 Å². The number of amides is 2. The summed E-state index contributed by atoms with van der Waals surface area (Å²) >= 11 is 0. The molecule has 0 aliphatic carbocycles. The second kappa shape index (κ2) is 6.16. The Hall–Kier alpha value is -2.75. The van der Waals surface area contributed by atoms with E-state index in [1.165, 1.54) is 0 Å². The highest BCUT2D eigenvalue weighted by Crippen LogP contribution is 2.39. The van der Waals surface area contributed by atoms with Crippen LogP contribution >= 0.6 is 0 Å². The maximum absolute atomic E-state index is 12.9. The van der Waals surface area contributed by atoms with Crippen LogP contribution in [0.4, 0.5) is 0 Å². The minimum absolute atomic E-state index is 0.165. The van der Waals surface area contributed by atoms with Gasteiger partial charge < -0.3 is 0 Å². The van der Waals surface area contributed by atoms with Gasteiger partial charge in [-0.3, -0.25) is 9.59 Å². The molecule has 0 saturated carbocycles. The molecule has 2 aromatic carbocycles. The first-order chi connectivity index (χ1) is 11.2. The Labute approximate surface area is 135 Å². The molecular formula is C19H18N2O2. The lowest BCUT2D eigenvalue weighted by molar-refractivity contribution is -0.139. The topological polar surface area (TPSA) is 49.7 Å². The third kappa shape index (κ3) is 2.68. The van der Waals surface area contributed by atoms with Crippen LogP contribution in [0, 0.1) is 0 Å². The number of hydrogen-bond acceptors (Lipinski definition) is 3. The fourth-order valence-corrected chi connectivity index (χ4v) is 2.97. The van der Waals surface area contributed by atoms with E-state index in [1.807, 2.05) is 67.6 Å². The Bertz CT molecular complexity index is 740. The minimum Gasteiger partial charge on any atom is -0.272 e. The van der Waals surface area contributed by atoms with Gasteiger partial charge in [0.2, 0.25) is 0 Å². The second-order valence-electron chi connectivity index (χ2n) is 5.64. The molecule has 2 aromatic rings. The fraction of sp³-hybridized carbons (Fsp3) is 0.211. The van der Waals surface area contributed by atoms with Gasteiger partial charge in [-0.05, 0) is 17.5 Å². The van der Waals surface area contributed by atoms with Crippen LogP contribution in [0.3, 0.4) is 0 Å². The van der Waals surface area contributed by atoms with Gasteiger partial charge in [0.25, 0.3) is 11.8 Å². The Balaban J connectivity index is 1.92. The van der Waals surface area contributed by atoms with Crippen LogP contribution in [0.2, 0.25) is 0 Å². The number of carbonyl (C=O) groups excluding carboxylic acids is 2. The molecule has 1 aliphatic rings. The number of hydrogen-bond donors (Lipinski definition) is 0. The van der Waals surface area contributed by atoms with E-state index in [9.17, 15) is 9.59 Å². The lowest BCUT2D eigenvalue weighted by atomic mass is 9.77. The predicted octanol–water partition coefficient (Wildman–Crippen LogP) is 3.13. The van der Waals surface area contributed by atoms with Crippen molar-refractivity contribution in [3.8, 4) is 0 Å². The zero-order chi connectivity index (χ0) is 16.3. The van der Waals surface area contributed by atoms with Gasteiger partial charge in [0.05, 0.1) is 11.6 Å². The molecule has 0 aromatic heterocycles. The van der Waals surface area contributed by atoms with Gasteiger partial charge in [-0.15, -0.1) is 0 Å². The molecule has 1 atom stereocenters. The van der Waals surface area contributed by atoms with Crippen molar-refractivity contribution in [2.24, 2.45) is 5.10 Å². The van der Waals surface area contributed by atoms with Crippen molar-refractivity contribution >= 4 is 18.0 Å². The van der Waals surface area contributed by atoms with E-state index in [1.54, 1.807) is 6.21 Å². The van der Waals surface area contributed by atoms with Crippen molar-refractivity contribution in [3.05, 3.63) is 71.8 Å². The third-order valence-electron chi connectivity index (χ3n) is 4.34. The van der Waals surface area contributed by atoms with Crippen molar-refractivity contribution in [3.63, 3.8) is 0 Å². The number of carbonyl (C=O) groups is 2. The molecule has 0 N–H and O–H groups in total. The average molecular weight is 306 g/mol. The zero-order valence-corrected chi connectivity index (χ0v) is 13.0. The Morgan fingerprint density at radius 2 is 1.65 bits per heavy atom. The summed E-state index contributed by atoms with van der Waals surface area (Å²) in [7, 11) is 0. The quantitative estimate of drug-likeness (QED) is 0.643. The molecule has 116 valence electrons. The zero-order valence-electron chi connectivity index (χ0n) is 13.0. The molecule has 1 unspecified atom stereocenters. The average Bonchev–Trinajstić information content (AvgIpc) is 2.86. The summed E-state index contributed by atoms with van der Waals surface area (Å²) in [6.07, 6.45) is 2.28. The molecule has 1 fully saturated rings. The van der Waals surface area contributed by atoms with E-state index in [4.69, 9.17) is 0 Å². The van der Waals surface area contributed by atoms with E-state index in [-0.39, 0.29) is 18.2 Å². The number of rotatable bonds is 4. The van der Waals surface area contributed by atoms with Crippen LogP contribution in [0.1, 0.15) is 30.9 Å². The number of imide groups is 1. The van der Waals surface area contributed by atoms with Gasteiger partial charge in [0.15, 0.2) is 0 Å². The van der Waals surface area contributed by atoms with Crippen LogP contribution in [0.15, 0.2) is 65.8 Å². The Morgan fingerprint density at radius 3 is 2.26 bits per heavy atom. The molecule has 4 heteroatoms. The molecule has 1 saturated heterocycles. The molecule has 0 spiro atoms. The van der Waals surface area contributed by atoms with Crippen LogP contribution in [-0.4, -0.2) is 23.0 Å². The Morgan fingerprint density at radius 1 is 1.04 bits per heavy atom. The first-order valence-electron chi connectivity index (χ1n) is 7.69. The summed E-state index contributed by atoms with van der Waals surface area (Å²) in [5.74, 6) is -0.503. The fourth-order valence-electron chi connectivity index (χ4n) is 2.97. The largest absolute Gasteiger partial charge is 0.272 e. The molecule has 2 amide bonds. The summed E-state index contributed by atoms with van der Waals surface area (Å²) in [5, 5.41) is 5.15. The lowest BCUT2D eigenvalue weighted by Crippen LogP contribution is -2.35. The third-order valence-corrected chi connectivity index (χ3v) is 4.34. The van der Waals surface area contributed by atoms with Gasteiger partial charge in [0.1, 0.15) is 0 Å². The van der Waals surface area contributed by atoms with Crippen molar-refractivity contribution in [2.75, 3.05) is 0 Å². The van der Waals surface area contributed by atoms with Gasteiger partial charge in [0, 0.05) is 6.42 Å². The molecule has 0 bridgehead atoms. The van der Waals surface area contributed by atoms with Crippen LogP contribution in [0.25, 0.3) is 0 Å². The molecule has 1 heterocycles. The molecule has 4 nitrogen and oxygen atoms in total. The van der Waals surface area contributed by atoms with Gasteiger partial charge in [-0.25, -0.2) is 0 Å². The monoisotopic (exact) mass is 306 g/mol. The SMILES string of the molecule is CCC1(c2ccccc2)CC(=O)N(/N=C/c2ccccc2)C1=O. The maximum Gasteiger partial charge on any atom is 0.261 e. The summed E-state index contributed by atoms with van der Waals surface area (Å²) in [5.41, 5.74) is 0.923. The van der Waals surface area contributed by atoms with E-state index in [0.29, 0.717) is 6.42 Å². The van der Waals surface area contributed by atoms with Gasteiger partial charge in [-0.2, -0.15) is 10.1 Å². The maximum atomic E-state index is 12.9. The highest BCUT2D eigenvalue weighted by Gasteiger charge is 2.51. The standard InChI is InChI=1S/C19H18N2O2/c1-2-19(16-11-7-4-8-12-16)13-17(22)21(18(19)23)20-14-15-9-5-3-6-10-15/h3-12,14H,2,13H2,1H3/b20-14+. The second-order valence-corrected chi connectivity index (χ2v) is 5.64. The molecule has 3 rings (SSSR count). The lowest BCUT2D eigenvalue weighted by Gasteiger charge is -2.24. The molecule has 0 radical (unpaired) electrons. The number of benzene rings is 2. The Kier molecular flexibility index (Phi) is 4.06. The smallest absolute Gasteiger partial charge is 0.261 e. The van der Waals surface area contributed by atoms with Crippen molar-refractivity contribution in [2.45, 2.75) is 25.2 Å². The summed E-state index contributed by atoms with van der Waals surface area (Å²) in [6, 6.07) is 18.9. The van der Waals surface area contributed by atoms with Crippen LogP contribution in [-0.2, 0) is 15.0 Å². The molecule has 23 heavy (non-hydrogen) atoms. The van der Waals surface area contributed by atoms with Crippen LogP contribution in [0.5, 0.6) is 0 Å².